The fourth-order valence-corrected chi connectivity index (χ4v) is 1.89. The highest BCUT2D eigenvalue weighted by Crippen LogP contribution is 2.29. The van der Waals surface area contributed by atoms with Crippen LogP contribution in [0.25, 0.3) is 0 Å². The molecule has 0 radical (unpaired) electrons. The largest absolute Gasteiger partial charge is 0.374 e. The molecule has 1 nitrogen and oxygen atoms in total. The molecule has 0 spiro atoms. The highest BCUT2D eigenvalue weighted by Gasteiger charge is 2.08. The summed E-state index contributed by atoms with van der Waals surface area (Å²) in [6, 6.07) is 3.32. The fourth-order valence-electron chi connectivity index (χ4n) is 0.960. The Balaban J connectivity index is 2.86. The molecule has 0 saturated carbocycles. The molecular formula is C10H11Cl3O. The van der Waals surface area contributed by atoms with Crippen LogP contribution >= 0.6 is 34.8 Å². The summed E-state index contributed by atoms with van der Waals surface area (Å²) in [4.78, 5) is 0. The first-order chi connectivity index (χ1) is 6.50. The number of hydrogen-bond acceptors (Lipinski definition) is 1. The average molecular weight is 254 g/mol. The van der Waals surface area contributed by atoms with E-state index in [1.165, 1.54) is 0 Å². The Morgan fingerprint density at radius 2 is 1.64 bits per heavy atom. The molecule has 0 bridgehead atoms. The summed E-state index contributed by atoms with van der Waals surface area (Å²) in [7, 11) is 0. The van der Waals surface area contributed by atoms with E-state index < -0.39 is 0 Å². The van der Waals surface area contributed by atoms with E-state index in [0.29, 0.717) is 21.7 Å². The Hall–Kier alpha value is 0.0500. The van der Waals surface area contributed by atoms with Crippen molar-refractivity contribution in [1.29, 1.82) is 0 Å². The third-order valence-electron chi connectivity index (χ3n) is 1.67. The lowest BCUT2D eigenvalue weighted by Gasteiger charge is -2.10. The molecule has 0 atom stereocenters. The highest BCUT2D eigenvalue weighted by atomic mass is 35.5. The van der Waals surface area contributed by atoms with E-state index in [0.717, 1.165) is 5.56 Å². The van der Waals surface area contributed by atoms with Crippen LogP contribution in [0, 0.1) is 0 Å². The summed E-state index contributed by atoms with van der Waals surface area (Å²) >= 11 is 17.7. The second kappa shape index (κ2) is 5.22. The third kappa shape index (κ3) is 3.32. The molecule has 1 rings (SSSR count). The predicted molar refractivity (Wildman–Crippen MR) is 61.4 cm³/mol. The van der Waals surface area contributed by atoms with E-state index in [-0.39, 0.29) is 6.10 Å². The SMILES string of the molecule is CC(C)OCc1c(Cl)cc(Cl)cc1Cl. The number of halogens is 3. The van der Waals surface area contributed by atoms with Crippen molar-refractivity contribution >= 4 is 34.8 Å². The van der Waals surface area contributed by atoms with Crippen LogP contribution in [0.3, 0.4) is 0 Å². The van der Waals surface area contributed by atoms with E-state index in [2.05, 4.69) is 0 Å². The van der Waals surface area contributed by atoms with Crippen molar-refractivity contribution in [3.63, 3.8) is 0 Å². The molecule has 0 unspecified atom stereocenters. The minimum Gasteiger partial charge on any atom is -0.374 e. The van der Waals surface area contributed by atoms with Gasteiger partial charge in [0, 0.05) is 20.6 Å². The zero-order valence-corrected chi connectivity index (χ0v) is 10.2. The van der Waals surface area contributed by atoms with E-state index in [9.17, 15) is 0 Å². The second-order valence-corrected chi connectivity index (χ2v) is 4.46. The van der Waals surface area contributed by atoms with Crippen LogP contribution in [-0.4, -0.2) is 6.10 Å². The molecule has 0 aromatic heterocycles. The van der Waals surface area contributed by atoms with Crippen molar-refractivity contribution in [3.8, 4) is 0 Å². The van der Waals surface area contributed by atoms with Gasteiger partial charge in [0.2, 0.25) is 0 Å². The van der Waals surface area contributed by atoms with Gasteiger partial charge in [0.1, 0.15) is 0 Å². The van der Waals surface area contributed by atoms with Crippen LogP contribution in [-0.2, 0) is 11.3 Å². The molecular weight excluding hydrogens is 242 g/mol. The van der Waals surface area contributed by atoms with Gasteiger partial charge in [0.05, 0.1) is 12.7 Å². The Morgan fingerprint density at radius 3 is 2.07 bits per heavy atom. The number of ether oxygens (including phenoxy) is 1. The standard InChI is InChI=1S/C10H11Cl3O/c1-6(2)14-5-8-9(12)3-7(11)4-10(8)13/h3-4,6H,5H2,1-2H3. The molecule has 0 fully saturated rings. The van der Waals surface area contributed by atoms with Crippen molar-refractivity contribution < 1.29 is 4.74 Å². The maximum atomic E-state index is 5.97. The predicted octanol–water partition coefficient (Wildman–Crippen LogP) is 4.57. The summed E-state index contributed by atoms with van der Waals surface area (Å²) < 4.78 is 5.42. The smallest absolute Gasteiger partial charge is 0.0749 e. The minimum atomic E-state index is 0.151. The van der Waals surface area contributed by atoms with Crippen molar-refractivity contribution in [2.45, 2.75) is 26.6 Å². The van der Waals surface area contributed by atoms with Crippen molar-refractivity contribution in [2.75, 3.05) is 0 Å². The molecule has 0 aliphatic heterocycles. The Kier molecular flexibility index (Phi) is 4.52. The topological polar surface area (TPSA) is 9.23 Å². The maximum absolute atomic E-state index is 5.97. The summed E-state index contributed by atoms with van der Waals surface area (Å²) in [6.07, 6.45) is 0.151. The van der Waals surface area contributed by atoms with Gasteiger partial charge in [0.25, 0.3) is 0 Å². The van der Waals surface area contributed by atoms with Gasteiger partial charge in [0.15, 0.2) is 0 Å². The van der Waals surface area contributed by atoms with Gasteiger partial charge in [-0.3, -0.25) is 0 Å². The lowest BCUT2D eigenvalue weighted by molar-refractivity contribution is 0.0658. The molecule has 78 valence electrons. The molecule has 0 aliphatic rings. The summed E-state index contributed by atoms with van der Waals surface area (Å²) in [5.74, 6) is 0. The zero-order valence-electron chi connectivity index (χ0n) is 7.98. The Morgan fingerprint density at radius 1 is 1.14 bits per heavy atom. The summed E-state index contributed by atoms with van der Waals surface area (Å²) in [5.41, 5.74) is 0.784. The molecule has 0 saturated heterocycles. The number of rotatable bonds is 3. The van der Waals surface area contributed by atoms with Crippen LogP contribution in [0.15, 0.2) is 12.1 Å². The molecule has 4 heteroatoms. The Bertz CT molecular complexity index is 300. The van der Waals surface area contributed by atoms with Crippen molar-refractivity contribution in [2.24, 2.45) is 0 Å². The van der Waals surface area contributed by atoms with Crippen LogP contribution in [0.4, 0.5) is 0 Å². The van der Waals surface area contributed by atoms with Gasteiger partial charge in [-0.25, -0.2) is 0 Å². The highest BCUT2D eigenvalue weighted by molar-refractivity contribution is 6.39. The quantitative estimate of drug-likeness (QED) is 0.766. The minimum absolute atomic E-state index is 0.151. The molecule has 0 N–H and O–H groups in total. The van der Waals surface area contributed by atoms with Crippen molar-refractivity contribution in [3.05, 3.63) is 32.8 Å². The first-order valence-corrected chi connectivity index (χ1v) is 5.39. The van der Waals surface area contributed by atoms with E-state index in [1.54, 1.807) is 12.1 Å². The normalized spacial score (nSPS) is 11.0. The Labute approximate surface area is 98.9 Å². The third-order valence-corrected chi connectivity index (χ3v) is 2.56. The van der Waals surface area contributed by atoms with Crippen LogP contribution < -0.4 is 0 Å². The number of hydrogen-bond donors (Lipinski definition) is 0. The van der Waals surface area contributed by atoms with Gasteiger partial charge in [-0.05, 0) is 26.0 Å². The summed E-state index contributed by atoms with van der Waals surface area (Å²) in [6.45, 7) is 4.32. The first kappa shape index (κ1) is 12.1. The maximum Gasteiger partial charge on any atom is 0.0749 e. The fraction of sp³-hybridized carbons (Fsp3) is 0.400. The van der Waals surface area contributed by atoms with Crippen LogP contribution in [0.1, 0.15) is 19.4 Å². The molecule has 0 heterocycles. The van der Waals surface area contributed by atoms with E-state index in [4.69, 9.17) is 39.5 Å². The van der Waals surface area contributed by atoms with Crippen LogP contribution in [0.5, 0.6) is 0 Å². The molecule has 14 heavy (non-hydrogen) atoms. The zero-order chi connectivity index (χ0) is 10.7. The van der Waals surface area contributed by atoms with E-state index >= 15 is 0 Å². The van der Waals surface area contributed by atoms with E-state index in [1.807, 2.05) is 13.8 Å². The number of benzene rings is 1. The van der Waals surface area contributed by atoms with Gasteiger partial charge in [-0.15, -0.1) is 0 Å². The van der Waals surface area contributed by atoms with Gasteiger partial charge in [-0.2, -0.15) is 0 Å². The molecule has 0 aliphatic carbocycles. The van der Waals surface area contributed by atoms with Crippen LogP contribution in [0.2, 0.25) is 15.1 Å². The monoisotopic (exact) mass is 252 g/mol. The summed E-state index contributed by atoms with van der Waals surface area (Å²) in [5, 5.41) is 1.62. The lowest BCUT2D eigenvalue weighted by atomic mass is 10.2. The molecule has 1 aromatic rings. The molecule has 0 amide bonds. The molecule has 1 aromatic carbocycles. The van der Waals surface area contributed by atoms with Gasteiger partial charge >= 0.3 is 0 Å². The lowest BCUT2D eigenvalue weighted by Crippen LogP contribution is -2.03. The van der Waals surface area contributed by atoms with Gasteiger partial charge < -0.3 is 4.74 Å². The first-order valence-electron chi connectivity index (χ1n) is 4.25. The van der Waals surface area contributed by atoms with Crippen molar-refractivity contribution in [1.82, 2.24) is 0 Å². The van der Waals surface area contributed by atoms with Gasteiger partial charge in [-0.1, -0.05) is 34.8 Å². The average Bonchev–Trinajstić information content (AvgIpc) is 2.01. The second-order valence-electron chi connectivity index (χ2n) is 3.21.